The second kappa shape index (κ2) is 7.18. The first-order valence-electron chi connectivity index (χ1n) is 7.87. The number of carbonyl (C=O) groups is 1. The van der Waals surface area contributed by atoms with Gasteiger partial charge >= 0.3 is 0 Å². The van der Waals surface area contributed by atoms with Gasteiger partial charge in [-0.3, -0.25) is 4.79 Å². The topological polar surface area (TPSA) is 63.4 Å². The molecule has 3 aromatic rings. The quantitative estimate of drug-likeness (QED) is 0.655. The Morgan fingerprint density at radius 2 is 1.96 bits per heavy atom. The van der Waals surface area contributed by atoms with Gasteiger partial charge in [0, 0.05) is 23.6 Å². The van der Waals surface area contributed by atoms with E-state index in [9.17, 15) is 9.18 Å². The molecule has 0 fully saturated rings. The van der Waals surface area contributed by atoms with Gasteiger partial charge in [0.05, 0.1) is 5.75 Å². The standard InChI is InChI=1S/C17H18FN5OS/c1-4-22(14-7-5-13(18)6-8-14)15(24)10-25-17-20-16-19-11(2)9-12(3)23(16)21-17/h5-9H,4,10H2,1-3H3. The molecule has 1 amide bonds. The number of rotatable bonds is 5. The number of thioether (sulfide) groups is 1. The molecule has 0 saturated heterocycles. The van der Waals surface area contributed by atoms with E-state index in [1.165, 1.54) is 23.9 Å². The van der Waals surface area contributed by atoms with E-state index in [0.29, 0.717) is 23.2 Å². The molecule has 2 heterocycles. The molecule has 25 heavy (non-hydrogen) atoms. The first kappa shape index (κ1) is 17.3. The highest BCUT2D eigenvalue weighted by atomic mass is 32.2. The number of hydrogen-bond donors (Lipinski definition) is 0. The van der Waals surface area contributed by atoms with Crippen LogP contribution >= 0.6 is 11.8 Å². The summed E-state index contributed by atoms with van der Waals surface area (Å²) < 4.78 is 14.7. The Hall–Kier alpha value is -2.48. The average Bonchev–Trinajstić information content (AvgIpc) is 2.98. The van der Waals surface area contributed by atoms with Crippen molar-refractivity contribution in [3.8, 4) is 0 Å². The molecule has 1 aromatic carbocycles. The van der Waals surface area contributed by atoms with Crippen molar-refractivity contribution in [3.05, 3.63) is 47.5 Å². The summed E-state index contributed by atoms with van der Waals surface area (Å²) in [6.45, 7) is 6.22. The fraction of sp³-hybridized carbons (Fsp3) is 0.294. The third-order valence-corrected chi connectivity index (χ3v) is 4.50. The van der Waals surface area contributed by atoms with Crippen molar-refractivity contribution in [2.24, 2.45) is 0 Å². The minimum Gasteiger partial charge on any atom is -0.312 e. The van der Waals surface area contributed by atoms with Gasteiger partial charge < -0.3 is 4.90 Å². The Morgan fingerprint density at radius 3 is 2.64 bits per heavy atom. The number of fused-ring (bicyclic) bond motifs is 1. The van der Waals surface area contributed by atoms with Gasteiger partial charge in [0.2, 0.25) is 11.1 Å². The predicted octanol–water partition coefficient (Wildman–Crippen LogP) is 3.03. The van der Waals surface area contributed by atoms with E-state index in [4.69, 9.17) is 0 Å². The van der Waals surface area contributed by atoms with Gasteiger partial charge in [-0.2, -0.15) is 4.98 Å². The van der Waals surface area contributed by atoms with E-state index in [1.54, 1.807) is 21.5 Å². The number of anilines is 1. The van der Waals surface area contributed by atoms with E-state index in [-0.39, 0.29) is 17.5 Å². The number of benzene rings is 1. The maximum Gasteiger partial charge on any atom is 0.253 e. The number of aryl methyl sites for hydroxylation is 2. The van der Waals surface area contributed by atoms with Crippen LogP contribution in [0.4, 0.5) is 10.1 Å². The van der Waals surface area contributed by atoms with E-state index in [2.05, 4.69) is 15.1 Å². The lowest BCUT2D eigenvalue weighted by molar-refractivity contribution is -0.116. The third kappa shape index (κ3) is 3.79. The van der Waals surface area contributed by atoms with Crippen LogP contribution in [0.1, 0.15) is 18.3 Å². The lowest BCUT2D eigenvalue weighted by atomic mass is 10.3. The molecule has 8 heteroatoms. The van der Waals surface area contributed by atoms with Crippen LogP contribution in [-0.4, -0.2) is 37.8 Å². The molecule has 0 aliphatic rings. The summed E-state index contributed by atoms with van der Waals surface area (Å²) in [4.78, 5) is 22.8. The van der Waals surface area contributed by atoms with Crippen LogP contribution in [0.25, 0.3) is 5.78 Å². The van der Waals surface area contributed by atoms with E-state index in [0.717, 1.165) is 11.4 Å². The smallest absolute Gasteiger partial charge is 0.253 e. The van der Waals surface area contributed by atoms with Crippen molar-refractivity contribution in [1.29, 1.82) is 0 Å². The highest BCUT2D eigenvalue weighted by Gasteiger charge is 2.16. The zero-order valence-electron chi connectivity index (χ0n) is 14.2. The Labute approximate surface area is 149 Å². The molecule has 0 aliphatic heterocycles. The third-order valence-electron chi connectivity index (χ3n) is 3.68. The van der Waals surface area contributed by atoms with Crippen LogP contribution in [0.15, 0.2) is 35.5 Å². The van der Waals surface area contributed by atoms with Crippen molar-refractivity contribution in [3.63, 3.8) is 0 Å². The van der Waals surface area contributed by atoms with Crippen molar-refractivity contribution >= 4 is 29.1 Å². The number of amides is 1. The second-order valence-corrected chi connectivity index (χ2v) is 6.49. The SMILES string of the molecule is CCN(C(=O)CSc1nc2nc(C)cc(C)n2n1)c1ccc(F)cc1. The molecule has 0 saturated carbocycles. The first-order valence-corrected chi connectivity index (χ1v) is 8.86. The van der Waals surface area contributed by atoms with Crippen LogP contribution < -0.4 is 4.90 Å². The van der Waals surface area contributed by atoms with Gasteiger partial charge in [-0.1, -0.05) is 11.8 Å². The summed E-state index contributed by atoms with van der Waals surface area (Å²) in [5, 5.41) is 4.88. The molecule has 0 atom stereocenters. The Bertz CT molecular complexity index is 909. The Balaban J connectivity index is 1.72. The highest BCUT2D eigenvalue weighted by Crippen LogP contribution is 2.19. The number of carbonyl (C=O) groups excluding carboxylic acids is 1. The van der Waals surface area contributed by atoms with Gasteiger partial charge in [-0.05, 0) is 51.1 Å². The normalized spacial score (nSPS) is 11.0. The first-order chi connectivity index (χ1) is 12.0. The van der Waals surface area contributed by atoms with Gasteiger partial charge in [-0.25, -0.2) is 13.9 Å². The minimum absolute atomic E-state index is 0.0844. The number of nitrogens with zero attached hydrogens (tertiary/aromatic N) is 5. The van der Waals surface area contributed by atoms with Gasteiger partial charge in [0.15, 0.2) is 0 Å². The summed E-state index contributed by atoms with van der Waals surface area (Å²) in [5.41, 5.74) is 2.48. The zero-order valence-corrected chi connectivity index (χ0v) is 15.0. The van der Waals surface area contributed by atoms with Crippen LogP contribution in [0.5, 0.6) is 0 Å². The molecule has 3 rings (SSSR count). The minimum atomic E-state index is -0.325. The average molecular weight is 359 g/mol. The molecule has 0 unspecified atom stereocenters. The van der Waals surface area contributed by atoms with E-state index >= 15 is 0 Å². The molecular weight excluding hydrogens is 341 g/mol. The largest absolute Gasteiger partial charge is 0.312 e. The summed E-state index contributed by atoms with van der Waals surface area (Å²) in [7, 11) is 0. The molecular formula is C17H18FN5OS. The summed E-state index contributed by atoms with van der Waals surface area (Å²) >= 11 is 1.26. The van der Waals surface area contributed by atoms with Crippen molar-refractivity contribution < 1.29 is 9.18 Å². The molecule has 130 valence electrons. The van der Waals surface area contributed by atoms with Crippen LogP contribution in [0.3, 0.4) is 0 Å². The molecule has 6 nitrogen and oxygen atoms in total. The lowest BCUT2D eigenvalue weighted by Gasteiger charge is -2.20. The van der Waals surface area contributed by atoms with Gasteiger partial charge in [-0.15, -0.1) is 5.10 Å². The van der Waals surface area contributed by atoms with E-state index in [1.807, 2.05) is 26.8 Å². The second-order valence-electron chi connectivity index (χ2n) is 5.55. The number of halogens is 1. The number of hydrogen-bond acceptors (Lipinski definition) is 5. The molecule has 0 spiro atoms. The maximum absolute atomic E-state index is 13.1. The Morgan fingerprint density at radius 1 is 1.24 bits per heavy atom. The molecule has 0 radical (unpaired) electrons. The van der Waals surface area contributed by atoms with Crippen LogP contribution in [0.2, 0.25) is 0 Å². The number of aromatic nitrogens is 4. The predicted molar refractivity (Wildman–Crippen MR) is 95.4 cm³/mol. The zero-order chi connectivity index (χ0) is 18.0. The summed E-state index contributed by atoms with van der Waals surface area (Å²) in [5.74, 6) is 0.311. The monoisotopic (exact) mass is 359 g/mol. The molecule has 0 bridgehead atoms. The lowest BCUT2D eigenvalue weighted by Crippen LogP contribution is -2.32. The van der Waals surface area contributed by atoms with Crippen molar-refractivity contribution in [1.82, 2.24) is 19.6 Å². The molecule has 0 aliphatic carbocycles. The summed E-state index contributed by atoms with van der Waals surface area (Å²) in [6, 6.07) is 7.81. The highest BCUT2D eigenvalue weighted by molar-refractivity contribution is 7.99. The van der Waals surface area contributed by atoms with Crippen LogP contribution in [0, 0.1) is 19.7 Å². The fourth-order valence-electron chi connectivity index (χ4n) is 2.54. The van der Waals surface area contributed by atoms with Crippen molar-refractivity contribution in [2.45, 2.75) is 25.9 Å². The van der Waals surface area contributed by atoms with Gasteiger partial charge in [0.1, 0.15) is 5.82 Å². The fourth-order valence-corrected chi connectivity index (χ4v) is 3.23. The van der Waals surface area contributed by atoms with Gasteiger partial charge in [0.25, 0.3) is 5.78 Å². The van der Waals surface area contributed by atoms with Crippen LogP contribution in [-0.2, 0) is 4.79 Å². The van der Waals surface area contributed by atoms with Crippen molar-refractivity contribution in [2.75, 3.05) is 17.2 Å². The Kier molecular flexibility index (Phi) is 4.98. The summed E-state index contributed by atoms with van der Waals surface area (Å²) in [6.07, 6.45) is 0. The molecule has 2 aromatic heterocycles. The molecule has 0 N–H and O–H groups in total. The van der Waals surface area contributed by atoms with E-state index < -0.39 is 0 Å². The maximum atomic E-state index is 13.1.